The molecule has 0 amide bonds. The Morgan fingerprint density at radius 1 is 0.431 bits per heavy atom. The third kappa shape index (κ3) is 4.60. The number of nitrogens with zero attached hydrogens (tertiary/aromatic N) is 1. The molecule has 0 aliphatic heterocycles. The Morgan fingerprint density at radius 3 is 1.81 bits per heavy atom. The molecule has 0 aromatic heterocycles. The predicted molar refractivity (Wildman–Crippen MR) is 243 cm³/mol. The maximum absolute atomic E-state index is 2.67. The highest BCUT2D eigenvalue weighted by atomic mass is 15.1. The molecule has 0 atom stereocenters. The van der Waals surface area contributed by atoms with Crippen molar-refractivity contribution in [3.8, 4) is 33.4 Å². The minimum absolute atomic E-state index is 0.0459. The smallest absolute Gasteiger partial charge is 0.0502 e. The molecule has 6 aromatic carbocycles. The summed E-state index contributed by atoms with van der Waals surface area (Å²) >= 11 is 0. The molecule has 290 valence electrons. The number of anilines is 3. The predicted octanol–water partition coefficient (Wildman–Crippen LogP) is 15.2. The maximum Gasteiger partial charge on any atom is 0.0502 e. The first-order valence-corrected chi connectivity index (χ1v) is 22.5. The quantitative estimate of drug-likeness (QED) is 0.173. The first-order valence-electron chi connectivity index (χ1n) is 22.5. The third-order valence-corrected chi connectivity index (χ3v) is 16.9. The minimum Gasteiger partial charge on any atom is -0.310 e. The van der Waals surface area contributed by atoms with Gasteiger partial charge in [-0.1, -0.05) is 139 Å². The van der Waals surface area contributed by atoms with Crippen LogP contribution in [0.15, 0.2) is 127 Å². The molecule has 0 unspecified atom stereocenters. The number of hydrogen-bond donors (Lipinski definition) is 0. The van der Waals surface area contributed by atoms with Crippen molar-refractivity contribution in [2.75, 3.05) is 4.90 Å². The molecule has 13 rings (SSSR count). The molecule has 0 heterocycles. The van der Waals surface area contributed by atoms with E-state index in [9.17, 15) is 0 Å². The summed E-state index contributed by atoms with van der Waals surface area (Å²) in [6.07, 6.45) is 9.39. The average Bonchev–Trinajstić information content (AvgIpc) is 3.64. The van der Waals surface area contributed by atoms with Gasteiger partial charge in [0.2, 0.25) is 0 Å². The van der Waals surface area contributed by atoms with Crippen LogP contribution >= 0.6 is 0 Å². The van der Waals surface area contributed by atoms with Gasteiger partial charge in [-0.2, -0.15) is 0 Å². The van der Waals surface area contributed by atoms with Crippen molar-refractivity contribution in [2.45, 2.75) is 108 Å². The normalized spacial score (nSPS) is 26.8. The Hall–Kier alpha value is -4.88. The molecule has 7 aliphatic rings. The lowest BCUT2D eigenvalue weighted by Crippen LogP contribution is -2.55. The third-order valence-electron chi connectivity index (χ3n) is 16.9. The first kappa shape index (κ1) is 35.1. The van der Waals surface area contributed by atoms with Crippen LogP contribution in [0.3, 0.4) is 0 Å². The number of hydrogen-bond acceptors (Lipinski definition) is 1. The molecule has 0 radical (unpaired) electrons. The second kappa shape index (κ2) is 11.9. The fourth-order valence-electron chi connectivity index (χ4n) is 14.4. The number of fused-ring (bicyclic) bond motifs is 7. The van der Waals surface area contributed by atoms with E-state index >= 15 is 0 Å². The van der Waals surface area contributed by atoms with E-state index in [4.69, 9.17) is 0 Å². The van der Waals surface area contributed by atoms with Crippen LogP contribution in [0.25, 0.3) is 33.4 Å². The van der Waals surface area contributed by atoms with Gasteiger partial charge in [-0.3, -0.25) is 0 Å². The lowest BCUT2D eigenvalue weighted by Gasteiger charge is -2.61. The zero-order valence-corrected chi connectivity index (χ0v) is 35.3. The number of rotatable bonds is 4. The maximum atomic E-state index is 2.67. The van der Waals surface area contributed by atoms with Gasteiger partial charge in [-0.25, -0.2) is 0 Å². The standard InChI is InChI=1S/C57H57N/c1-54(2)26-27-55(3,4)53-49(54)20-13-21-51(53)58(41-22-24-44-43-16-10-11-19-47(43)56(5,6)50(44)34-41)40-23-25-48-46(33-40)45-18-12-17-42(37-14-8-7-9-15-37)52(45)57(48)38-29-35-28-36(31-38)32-39(57)30-35/h7-25,33-36,38-39H,26-32H2,1-6H3. The van der Waals surface area contributed by atoms with Crippen LogP contribution in [-0.2, 0) is 21.7 Å². The van der Waals surface area contributed by atoms with Gasteiger partial charge < -0.3 is 4.90 Å². The molecule has 6 aromatic rings. The Kier molecular flexibility index (Phi) is 7.18. The molecule has 4 fully saturated rings. The highest BCUT2D eigenvalue weighted by Gasteiger charge is 2.62. The molecule has 0 saturated heterocycles. The lowest BCUT2D eigenvalue weighted by molar-refractivity contribution is -0.0397. The average molecular weight is 756 g/mol. The monoisotopic (exact) mass is 755 g/mol. The van der Waals surface area contributed by atoms with Gasteiger partial charge in [0.05, 0.1) is 5.69 Å². The van der Waals surface area contributed by atoms with Crippen LogP contribution in [0.4, 0.5) is 17.1 Å². The molecule has 1 heteroatoms. The zero-order chi connectivity index (χ0) is 39.3. The van der Waals surface area contributed by atoms with E-state index in [1.165, 1.54) is 118 Å². The van der Waals surface area contributed by atoms with Gasteiger partial charge in [0.15, 0.2) is 0 Å². The van der Waals surface area contributed by atoms with E-state index in [-0.39, 0.29) is 21.7 Å². The van der Waals surface area contributed by atoms with Crippen molar-refractivity contribution in [1.29, 1.82) is 0 Å². The summed E-state index contributed by atoms with van der Waals surface area (Å²) in [6.45, 7) is 14.7. The van der Waals surface area contributed by atoms with Gasteiger partial charge in [0.1, 0.15) is 0 Å². The first-order chi connectivity index (χ1) is 28.0. The molecule has 1 spiro atoms. The topological polar surface area (TPSA) is 3.24 Å². The van der Waals surface area contributed by atoms with Gasteiger partial charge in [0.25, 0.3) is 0 Å². The molecule has 58 heavy (non-hydrogen) atoms. The Bertz CT molecular complexity index is 2640. The molecular weight excluding hydrogens is 699 g/mol. The molecule has 7 aliphatic carbocycles. The van der Waals surface area contributed by atoms with Crippen molar-refractivity contribution in [3.63, 3.8) is 0 Å². The molecule has 0 N–H and O–H groups in total. The second-order valence-electron chi connectivity index (χ2n) is 21.2. The van der Waals surface area contributed by atoms with Crippen LogP contribution < -0.4 is 4.90 Å². The van der Waals surface area contributed by atoms with E-state index < -0.39 is 0 Å². The second-order valence-corrected chi connectivity index (χ2v) is 21.2. The van der Waals surface area contributed by atoms with E-state index in [0.717, 1.165) is 11.8 Å². The van der Waals surface area contributed by atoms with Crippen LogP contribution in [0.1, 0.15) is 120 Å². The Morgan fingerprint density at radius 2 is 1.03 bits per heavy atom. The van der Waals surface area contributed by atoms with Gasteiger partial charge in [0, 0.05) is 22.2 Å². The van der Waals surface area contributed by atoms with Gasteiger partial charge in [-0.15, -0.1) is 0 Å². The fourth-order valence-corrected chi connectivity index (χ4v) is 14.4. The largest absolute Gasteiger partial charge is 0.310 e. The molecule has 1 nitrogen and oxygen atoms in total. The summed E-state index contributed by atoms with van der Waals surface area (Å²) < 4.78 is 0. The van der Waals surface area contributed by atoms with Crippen molar-refractivity contribution >= 4 is 17.1 Å². The molecular formula is C57H57N. The highest BCUT2D eigenvalue weighted by Crippen LogP contribution is 2.71. The molecule has 4 saturated carbocycles. The zero-order valence-electron chi connectivity index (χ0n) is 35.3. The summed E-state index contributed by atoms with van der Waals surface area (Å²) in [6, 6.07) is 50.1. The SMILES string of the molecule is CC1(C)CCC(C)(C)c2c(N(c3ccc4c(c3)-c3cccc(-c5ccccc5)c3C43C4CC5CC(C4)CC3C5)c3ccc4c(c3)C(C)(C)c3ccccc3-4)cccc21. The summed E-state index contributed by atoms with van der Waals surface area (Å²) in [7, 11) is 0. The summed E-state index contributed by atoms with van der Waals surface area (Å²) in [4.78, 5) is 2.67. The van der Waals surface area contributed by atoms with E-state index in [2.05, 4.69) is 174 Å². The minimum atomic E-state index is -0.0818. The highest BCUT2D eigenvalue weighted by molar-refractivity contribution is 5.93. The lowest BCUT2D eigenvalue weighted by atomic mass is 9.42. The van der Waals surface area contributed by atoms with Crippen molar-refractivity contribution < 1.29 is 0 Å². The molecule has 4 bridgehead atoms. The number of benzene rings is 6. The Balaban J connectivity index is 1.12. The van der Waals surface area contributed by atoms with Crippen molar-refractivity contribution in [3.05, 3.63) is 161 Å². The van der Waals surface area contributed by atoms with Crippen molar-refractivity contribution in [1.82, 2.24) is 0 Å². The van der Waals surface area contributed by atoms with Crippen LogP contribution in [-0.4, -0.2) is 0 Å². The van der Waals surface area contributed by atoms with Gasteiger partial charge in [-0.05, 0) is 177 Å². The van der Waals surface area contributed by atoms with E-state index in [0.29, 0.717) is 11.8 Å². The van der Waals surface area contributed by atoms with Crippen LogP contribution in [0.5, 0.6) is 0 Å². The van der Waals surface area contributed by atoms with E-state index in [1.807, 2.05) is 0 Å². The summed E-state index contributed by atoms with van der Waals surface area (Å²) in [5.74, 6) is 3.23. The van der Waals surface area contributed by atoms with Crippen LogP contribution in [0.2, 0.25) is 0 Å². The van der Waals surface area contributed by atoms with Crippen LogP contribution in [0, 0.1) is 23.7 Å². The Labute approximate surface area is 346 Å². The van der Waals surface area contributed by atoms with Crippen molar-refractivity contribution in [2.24, 2.45) is 23.7 Å². The summed E-state index contributed by atoms with van der Waals surface area (Å²) in [5, 5.41) is 0. The summed E-state index contributed by atoms with van der Waals surface area (Å²) in [5.41, 5.74) is 21.7. The van der Waals surface area contributed by atoms with E-state index in [1.54, 1.807) is 11.1 Å². The van der Waals surface area contributed by atoms with Gasteiger partial charge >= 0.3 is 0 Å². The fraction of sp³-hybridized carbons (Fsp3) is 0.368.